The van der Waals surface area contributed by atoms with Crippen LogP contribution in [-0.2, 0) is 10.5 Å². The summed E-state index contributed by atoms with van der Waals surface area (Å²) in [5, 5.41) is 11.4. The average Bonchev–Trinajstić information content (AvgIpc) is 3.23. The predicted octanol–water partition coefficient (Wildman–Crippen LogP) is 4.84. The van der Waals surface area contributed by atoms with Crippen molar-refractivity contribution in [2.45, 2.75) is 29.9 Å². The van der Waals surface area contributed by atoms with E-state index < -0.39 is 0 Å². The van der Waals surface area contributed by atoms with Crippen molar-refractivity contribution in [3.05, 3.63) is 59.7 Å². The second-order valence-electron chi connectivity index (χ2n) is 6.57. The monoisotopic (exact) mass is 457 g/mol. The fourth-order valence-corrected chi connectivity index (χ4v) is 4.36. The highest BCUT2D eigenvalue weighted by molar-refractivity contribution is 8.00. The number of aromatic nitrogens is 2. The van der Waals surface area contributed by atoms with E-state index in [-0.39, 0.29) is 11.7 Å². The molecule has 1 N–H and O–H groups in total. The third-order valence-corrected chi connectivity index (χ3v) is 6.28. The van der Waals surface area contributed by atoms with Gasteiger partial charge in [0.25, 0.3) is 0 Å². The van der Waals surface area contributed by atoms with Crippen molar-refractivity contribution in [3.63, 3.8) is 0 Å². The number of ether oxygens (including phenoxy) is 2. The van der Waals surface area contributed by atoms with Gasteiger partial charge in [-0.05, 0) is 37.1 Å². The van der Waals surface area contributed by atoms with Gasteiger partial charge in [-0.3, -0.25) is 9.59 Å². The van der Waals surface area contributed by atoms with E-state index in [1.165, 1.54) is 30.9 Å². The number of methoxy groups -OCH3 is 1. The molecule has 0 radical (unpaired) electrons. The molecule has 1 heterocycles. The van der Waals surface area contributed by atoms with Crippen LogP contribution in [0.5, 0.6) is 11.5 Å². The van der Waals surface area contributed by atoms with Crippen molar-refractivity contribution in [2.75, 3.05) is 19.0 Å². The van der Waals surface area contributed by atoms with Gasteiger partial charge in [-0.1, -0.05) is 53.4 Å². The summed E-state index contributed by atoms with van der Waals surface area (Å²) in [5.41, 5.74) is 1.77. The number of thioether (sulfide) groups is 1. The lowest BCUT2D eigenvalue weighted by Crippen LogP contribution is -2.12. The zero-order valence-corrected chi connectivity index (χ0v) is 18.9. The first-order valence-electron chi connectivity index (χ1n) is 9.67. The molecule has 0 saturated heterocycles. The molecule has 2 aromatic carbocycles. The quantitative estimate of drug-likeness (QED) is 0.191. The Morgan fingerprint density at radius 3 is 2.65 bits per heavy atom. The molecule has 1 amide bonds. The van der Waals surface area contributed by atoms with E-state index in [1.54, 1.807) is 30.0 Å². The van der Waals surface area contributed by atoms with E-state index in [2.05, 4.69) is 27.6 Å². The highest BCUT2D eigenvalue weighted by Gasteiger charge is 2.11. The number of carbonyl (C=O) groups is 2. The van der Waals surface area contributed by atoms with Crippen LogP contribution in [0, 0.1) is 0 Å². The van der Waals surface area contributed by atoms with Crippen molar-refractivity contribution < 1.29 is 19.1 Å². The van der Waals surface area contributed by atoms with E-state index >= 15 is 0 Å². The van der Waals surface area contributed by atoms with E-state index in [9.17, 15) is 9.59 Å². The first kappa shape index (κ1) is 22.8. The molecule has 3 aromatic rings. The Labute approximate surface area is 189 Å². The normalized spacial score (nSPS) is 10.5. The minimum absolute atomic E-state index is 0.0418. The number of Topliss-reactive ketones (excluding diaryl/α,β-unsaturated/α-hetero) is 1. The van der Waals surface area contributed by atoms with Crippen molar-refractivity contribution >= 4 is 39.9 Å². The fourth-order valence-electron chi connectivity index (χ4n) is 2.64. The largest absolute Gasteiger partial charge is 0.493 e. The summed E-state index contributed by atoms with van der Waals surface area (Å²) < 4.78 is 11.8. The van der Waals surface area contributed by atoms with E-state index in [4.69, 9.17) is 9.47 Å². The molecule has 9 heteroatoms. The van der Waals surface area contributed by atoms with Gasteiger partial charge in [-0.15, -0.1) is 10.2 Å². The van der Waals surface area contributed by atoms with Crippen LogP contribution in [0.15, 0.2) is 52.9 Å². The summed E-state index contributed by atoms with van der Waals surface area (Å²) in [6.07, 6.45) is 0.817. The van der Waals surface area contributed by atoms with Gasteiger partial charge >= 0.3 is 0 Å². The lowest BCUT2D eigenvalue weighted by atomic mass is 10.1. The summed E-state index contributed by atoms with van der Waals surface area (Å²) in [5.74, 6) is 1.65. The van der Waals surface area contributed by atoms with Crippen LogP contribution in [0.4, 0.5) is 5.13 Å². The third kappa shape index (κ3) is 7.08. The van der Waals surface area contributed by atoms with E-state index in [0.717, 1.165) is 10.1 Å². The second-order valence-corrected chi connectivity index (χ2v) is 8.77. The van der Waals surface area contributed by atoms with Gasteiger partial charge in [0, 0.05) is 17.7 Å². The predicted molar refractivity (Wildman–Crippen MR) is 122 cm³/mol. The molecule has 3 rings (SSSR count). The molecule has 0 atom stereocenters. The molecule has 1 aromatic heterocycles. The highest BCUT2D eigenvalue weighted by Crippen LogP contribution is 2.29. The van der Waals surface area contributed by atoms with Crippen LogP contribution in [0.25, 0.3) is 0 Å². The fraction of sp³-hybridized carbons (Fsp3) is 0.273. The van der Waals surface area contributed by atoms with Gasteiger partial charge in [-0.25, -0.2) is 0 Å². The van der Waals surface area contributed by atoms with Crippen LogP contribution in [0.1, 0.15) is 35.7 Å². The van der Waals surface area contributed by atoms with Gasteiger partial charge in [0.1, 0.15) is 0 Å². The third-order valence-electron chi connectivity index (χ3n) is 4.23. The molecule has 0 bridgehead atoms. The lowest BCUT2D eigenvalue weighted by molar-refractivity contribution is -0.116. The van der Waals surface area contributed by atoms with Gasteiger partial charge in [-0.2, -0.15) is 0 Å². The zero-order valence-electron chi connectivity index (χ0n) is 17.3. The van der Waals surface area contributed by atoms with Crippen LogP contribution >= 0.6 is 23.1 Å². The number of hydrogen-bond donors (Lipinski definition) is 1. The molecule has 162 valence electrons. The maximum atomic E-state index is 12.2. The summed E-state index contributed by atoms with van der Waals surface area (Å²) >= 11 is 2.95. The maximum Gasteiger partial charge on any atom is 0.226 e. The van der Waals surface area contributed by atoms with Crippen LogP contribution in [0.3, 0.4) is 0 Å². The van der Waals surface area contributed by atoms with Gasteiger partial charge < -0.3 is 14.8 Å². The van der Waals surface area contributed by atoms with Crippen LogP contribution in [0.2, 0.25) is 0 Å². The minimum Gasteiger partial charge on any atom is -0.493 e. The van der Waals surface area contributed by atoms with Crippen LogP contribution in [-0.4, -0.2) is 35.6 Å². The number of ketones is 1. The van der Waals surface area contributed by atoms with Gasteiger partial charge in [0.05, 0.1) is 13.7 Å². The Bertz CT molecular complexity index is 1020. The maximum absolute atomic E-state index is 12.2. The van der Waals surface area contributed by atoms with Crippen molar-refractivity contribution in [2.24, 2.45) is 0 Å². The molecule has 0 spiro atoms. The summed E-state index contributed by atoms with van der Waals surface area (Å²) in [4.78, 5) is 23.6. The standard InChI is InChI=1S/C22H23N3O4S2/c1-15(26)17-10-11-18(19(13-17)28-2)29-12-6-9-20(27)23-21-24-25-22(31-21)30-14-16-7-4-3-5-8-16/h3-5,7-8,10-11,13H,6,9,12,14H2,1-2H3,(H,23,24,27). The topological polar surface area (TPSA) is 90.4 Å². The van der Waals surface area contributed by atoms with Gasteiger partial charge in [0.15, 0.2) is 21.6 Å². The Kier molecular flexibility index (Phi) is 8.43. The molecule has 0 aliphatic carbocycles. The smallest absolute Gasteiger partial charge is 0.226 e. The van der Waals surface area contributed by atoms with E-state index in [1.807, 2.05) is 18.2 Å². The Balaban J connectivity index is 1.40. The SMILES string of the molecule is COc1cc(C(C)=O)ccc1OCCCC(=O)Nc1nnc(SCc2ccccc2)s1. The summed E-state index contributed by atoms with van der Waals surface area (Å²) in [7, 11) is 1.52. The molecule has 31 heavy (non-hydrogen) atoms. The van der Waals surface area contributed by atoms with Crippen molar-refractivity contribution in [1.29, 1.82) is 0 Å². The molecular weight excluding hydrogens is 434 g/mol. The molecule has 7 nitrogen and oxygen atoms in total. The van der Waals surface area contributed by atoms with Gasteiger partial charge in [0.2, 0.25) is 11.0 Å². The lowest BCUT2D eigenvalue weighted by Gasteiger charge is -2.11. The number of hydrogen-bond acceptors (Lipinski definition) is 8. The average molecular weight is 458 g/mol. The Hall–Kier alpha value is -2.91. The second kappa shape index (κ2) is 11.5. The highest BCUT2D eigenvalue weighted by atomic mass is 32.2. The number of rotatable bonds is 11. The zero-order chi connectivity index (χ0) is 22.1. The molecule has 0 saturated carbocycles. The Morgan fingerprint density at radius 2 is 1.90 bits per heavy atom. The number of nitrogens with zero attached hydrogens (tertiary/aromatic N) is 2. The molecule has 0 unspecified atom stereocenters. The molecule has 0 aliphatic rings. The summed E-state index contributed by atoms with van der Waals surface area (Å²) in [6.45, 7) is 1.84. The molecule has 0 aliphatic heterocycles. The number of amides is 1. The Morgan fingerprint density at radius 1 is 1.10 bits per heavy atom. The number of carbonyl (C=O) groups excluding carboxylic acids is 2. The summed E-state index contributed by atoms with van der Waals surface area (Å²) in [6, 6.07) is 15.1. The van der Waals surface area contributed by atoms with Crippen LogP contribution < -0.4 is 14.8 Å². The first-order chi connectivity index (χ1) is 15.0. The molecular formula is C22H23N3O4S2. The van der Waals surface area contributed by atoms with Crippen molar-refractivity contribution in [3.8, 4) is 11.5 Å². The number of nitrogens with one attached hydrogen (secondary N) is 1. The minimum atomic E-state index is -0.141. The number of anilines is 1. The van der Waals surface area contributed by atoms with E-state index in [0.29, 0.717) is 41.6 Å². The van der Waals surface area contributed by atoms with Crippen molar-refractivity contribution in [1.82, 2.24) is 10.2 Å². The molecule has 0 fully saturated rings. The number of benzene rings is 2. The first-order valence-corrected chi connectivity index (χ1v) is 11.5.